The summed E-state index contributed by atoms with van der Waals surface area (Å²) in [6, 6.07) is 8.40. The number of piperazine rings is 1. The van der Waals surface area contributed by atoms with Gasteiger partial charge >= 0.3 is 6.01 Å². The number of aromatic nitrogens is 2. The Kier molecular flexibility index (Phi) is 6.81. The fourth-order valence-corrected chi connectivity index (χ4v) is 7.97. The van der Waals surface area contributed by atoms with Gasteiger partial charge in [-0.3, -0.25) is 4.90 Å². The predicted octanol–water partition coefficient (Wildman–Crippen LogP) is 6.27. The molecule has 3 aliphatic rings. The fourth-order valence-electron chi connectivity index (χ4n) is 7.97. The van der Waals surface area contributed by atoms with E-state index in [0.717, 1.165) is 32.2 Å². The van der Waals surface area contributed by atoms with Crippen LogP contribution in [0.1, 0.15) is 43.9 Å². The molecule has 0 spiro atoms. The second-order valence-corrected chi connectivity index (χ2v) is 13.1. The maximum Gasteiger partial charge on any atom is 0.319 e. The number of likely N-dealkylation sites (tertiary alicyclic amines) is 1. The lowest BCUT2D eigenvalue weighted by atomic mass is 9.91. The highest BCUT2D eigenvalue weighted by molar-refractivity contribution is 6.18. The number of anilines is 1. The highest BCUT2D eigenvalue weighted by Gasteiger charge is 2.36. The molecule has 8 rings (SSSR count). The van der Waals surface area contributed by atoms with Crippen LogP contribution in [0, 0.1) is 30.9 Å². The third kappa shape index (κ3) is 4.56. The number of aromatic hydroxyl groups is 1. The first kappa shape index (κ1) is 29.0. The van der Waals surface area contributed by atoms with Gasteiger partial charge in [0.25, 0.3) is 0 Å². The molecule has 2 aromatic heterocycles. The minimum atomic E-state index is -0.687. The van der Waals surface area contributed by atoms with Crippen LogP contribution in [0.2, 0.25) is 0 Å². The van der Waals surface area contributed by atoms with Gasteiger partial charge in [0.15, 0.2) is 5.82 Å². The Morgan fingerprint density at radius 3 is 2.61 bits per heavy atom. The number of phenolic OH excluding ortho intramolecular Hbond substituents is 1. The highest BCUT2D eigenvalue weighted by Crippen LogP contribution is 2.46. The van der Waals surface area contributed by atoms with Gasteiger partial charge in [-0.1, -0.05) is 12.0 Å². The quantitative estimate of drug-likeness (QED) is 0.222. The van der Waals surface area contributed by atoms with Crippen molar-refractivity contribution in [3.05, 3.63) is 53.3 Å². The van der Waals surface area contributed by atoms with E-state index in [2.05, 4.69) is 28.1 Å². The molecule has 4 atom stereocenters. The molecule has 3 fully saturated rings. The molecule has 46 heavy (non-hydrogen) atoms. The molecule has 0 saturated carbocycles. The monoisotopic (exact) mass is 623 g/mol. The predicted molar refractivity (Wildman–Crippen MR) is 174 cm³/mol. The molecule has 2 N–H and O–H groups in total. The van der Waals surface area contributed by atoms with Crippen molar-refractivity contribution in [1.82, 2.24) is 20.2 Å². The summed E-state index contributed by atoms with van der Waals surface area (Å²) in [5, 5.41) is 16.3. The number of ether oxygens (including phenoxy) is 1. The van der Waals surface area contributed by atoms with E-state index in [9.17, 15) is 5.11 Å². The SMILES string of the molecule is C#Cc1c(F)ccc2cc(O)cc(-c3c(F)c4nc(O[C@@H](C)[C@@H]5CCCN5C)nc(N5C[C@H]6CC[C@@H](C5)N6)c4c4cc(C)oc34)c12. The van der Waals surface area contributed by atoms with Crippen LogP contribution >= 0.6 is 0 Å². The number of phenols is 1. The first-order chi connectivity index (χ1) is 22.2. The number of furan rings is 1. The van der Waals surface area contributed by atoms with Gasteiger partial charge in [-0.05, 0) is 82.8 Å². The number of nitrogens with zero attached hydrogens (tertiary/aromatic N) is 4. The van der Waals surface area contributed by atoms with Gasteiger partial charge in [0.05, 0.1) is 16.5 Å². The minimum absolute atomic E-state index is 0.0263. The van der Waals surface area contributed by atoms with Crippen molar-refractivity contribution in [1.29, 1.82) is 0 Å². The molecule has 0 radical (unpaired) electrons. The molecular formula is C36H35F2N5O3. The number of fused-ring (bicyclic) bond motifs is 6. The summed E-state index contributed by atoms with van der Waals surface area (Å²) in [6.45, 7) is 6.21. The average Bonchev–Trinajstić information content (AvgIpc) is 3.73. The number of benzene rings is 3. The molecule has 5 heterocycles. The van der Waals surface area contributed by atoms with Crippen LogP contribution in [0.5, 0.6) is 11.8 Å². The number of hydrogen-bond acceptors (Lipinski definition) is 8. The van der Waals surface area contributed by atoms with Crippen molar-refractivity contribution >= 4 is 38.5 Å². The Morgan fingerprint density at radius 2 is 1.89 bits per heavy atom. The molecule has 2 bridgehead atoms. The van der Waals surface area contributed by atoms with E-state index in [1.54, 1.807) is 6.92 Å². The maximum absolute atomic E-state index is 17.4. The first-order valence-electron chi connectivity index (χ1n) is 15.9. The fraction of sp³-hybridized carbons (Fsp3) is 0.389. The van der Waals surface area contributed by atoms with E-state index in [0.29, 0.717) is 58.3 Å². The van der Waals surface area contributed by atoms with E-state index >= 15 is 8.78 Å². The van der Waals surface area contributed by atoms with Crippen LogP contribution < -0.4 is 15.0 Å². The van der Waals surface area contributed by atoms with Crippen molar-refractivity contribution in [3.8, 4) is 35.2 Å². The molecule has 5 aromatic rings. The summed E-state index contributed by atoms with van der Waals surface area (Å²) in [5.74, 6) is 2.16. The molecule has 0 unspecified atom stereocenters. The molecule has 0 aliphatic carbocycles. The van der Waals surface area contributed by atoms with Crippen LogP contribution in [0.4, 0.5) is 14.6 Å². The lowest BCUT2D eigenvalue weighted by Crippen LogP contribution is -2.51. The molecule has 0 amide bonds. The summed E-state index contributed by atoms with van der Waals surface area (Å²) in [4.78, 5) is 14.2. The second-order valence-electron chi connectivity index (χ2n) is 13.1. The number of rotatable bonds is 5. The zero-order valence-corrected chi connectivity index (χ0v) is 26.0. The zero-order valence-electron chi connectivity index (χ0n) is 26.0. The number of nitrogens with one attached hydrogen (secondary N) is 1. The molecule has 236 valence electrons. The van der Waals surface area contributed by atoms with Gasteiger partial charge in [-0.25, -0.2) is 8.78 Å². The molecule has 3 aliphatic heterocycles. The van der Waals surface area contributed by atoms with Crippen molar-refractivity contribution in [3.63, 3.8) is 0 Å². The van der Waals surface area contributed by atoms with Crippen LogP contribution in [0.25, 0.3) is 43.8 Å². The Morgan fingerprint density at radius 1 is 1.11 bits per heavy atom. The topological polar surface area (TPSA) is 86.9 Å². The van der Waals surface area contributed by atoms with Gasteiger partial charge < -0.3 is 24.5 Å². The van der Waals surface area contributed by atoms with Crippen molar-refractivity contribution in [2.75, 3.05) is 31.6 Å². The average molecular weight is 624 g/mol. The first-order valence-corrected chi connectivity index (χ1v) is 15.9. The van der Waals surface area contributed by atoms with Crippen molar-refractivity contribution < 1.29 is 23.0 Å². The standard InChI is InChI=1S/C36H35F2N5O3/c1-5-24-27(37)11-8-20-14-23(44)15-25(29(20)24)30-32(38)33-31(26-13-18(2)45-34(26)30)35(43-16-21-9-10-22(17-43)39-21)41-36(40-33)46-19(3)28-7-6-12-42(28)4/h1,8,11,13-15,19,21-22,28,39,44H,6-7,9-10,12,16-17H2,2-4H3/t19-,21-,22+,28-/m0/s1. The second kappa shape index (κ2) is 10.8. The van der Waals surface area contributed by atoms with E-state index in [4.69, 9.17) is 25.5 Å². The minimum Gasteiger partial charge on any atom is -0.508 e. The third-order valence-electron chi connectivity index (χ3n) is 10.0. The number of likely N-dealkylation sites (N-methyl/N-ethyl adjacent to an activating group) is 1. The lowest BCUT2D eigenvalue weighted by molar-refractivity contribution is 0.112. The Bertz CT molecular complexity index is 2080. The molecule has 10 heteroatoms. The number of aryl methyl sites for hydroxylation is 1. The van der Waals surface area contributed by atoms with Crippen LogP contribution in [-0.4, -0.2) is 70.9 Å². The van der Waals surface area contributed by atoms with E-state index < -0.39 is 11.6 Å². The van der Waals surface area contributed by atoms with Crippen LogP contribution in [0.3, 0.4) is 0 Å². The molecule has 8 nitrogen and oxygen atoms in total. The van der Waals surface area contributed by atoms with E-state index in [1.165, 1.54) is 24.3 Å². The van der Waals surface area contributed by atoms with Gasteiger partial charge in [0.1, 0.15) is 40.3 Å². The summed E-state index contributed by atoms with van der Waals surface area (Å²) < 4.78 is 45.1. The molecule has 3 saturated heterocycles. The van der Waals surface area contributed by atoms with Gasteiger partial charge in [0.2, 0.25) is 0 Å². The molecular weight excluding hydrogens is 588 g/mol. The number of halogens is 2. The van der Waals surface area contributed by atoms with Gasteiger partial charge in [0, 0.05) is 47.6 Å². The summed E-state index contributed by atoms with van der Waals surface area (Å²) >= 11 is 0. The number of terminal acetylenes is 1. The Hall–Kier alpha value is -4.46. The van der Waals surface area contributed by atoms with Gasteiger partial charge in [-0.2, -0.15) is 9.97 Å². The summed E-state index contributed by atoms with van der Waals surface area (Å²) in [5.41, 5.74) is 0.542. The Labute approximate surface area is 265 Å². The van der Waals surface area contributed by atoms with Crippen LogP contribution in [-0.2, 0) is 0 Å². The van der Waals surface area contributed by atoms with Crippen molar-refractivity contribution in [2.45, 2.75) is 63.8 Å². The van der Waals surface area contributed by atoms with Crippen LogP contribution in [0.15, 0.2) is 34.7 Å². The van der Waals surface area contributed by atoms with E-state index in [1.807, 2.05) is 13.0 Å². The highest BCUT2D eigenvalue weighted by atomic mass is 19.1. The normalized spacial score (nSPS) is 22.3. The lowest BCUT2D eigenvalue weighted by Gasteiger charge is -2.34. The largest absolute Gasteiger partial charge is 0.508 e. The zero-order chi connectivity index (χ0) is 31.9. The molecule has 3 aromatic carbocycles. The summed E-state index contributed by atoms with van der Waals surface area (Å²) in [7, 11) is 2.08. The maximum atomic E-state index is 17.4. The Balaban J connectivity index is 1.42. The van der Waals surface area contributed by atoms with E-state index in [-0.39, 0.29) is 51.7 Å². The smallest absolute Gasteiger partial charge is 0.319 e. The summed E-state index contributed by atoms with van der Waals surface area (Å²) in [6.07, 6.45) is 9.76. The number of hydrogen-bond donors (Lipinski definition) is 2. The van der Waals surface area contributed by atoms with Gasteiger partial charge in [-0.15, -0.1) is 6.42 Å². The third-order valence-corrected chi connectivity index (χ3v) is 10.0. The van der Waals surface area contributed by atoms with Crippen molar-refractivity contribution in [2.24, 2.45) is 0 Å².